The first-order valence-electron chi connectivity index (χ1n) is 5.80. The van der Waals surface area contributed by atoms with Crippen LogP contribution >= 0.6 is 0 Å². The van der Waals surface area contributed by atoms with Gasteiger partial charge in [-0.2, -0.15) is 0 Å². The Kier molecular flexibility index (Phi) is 6.90. The van der Waals surface area contributed by atoms with Gasteiger partial charge in [-0.1, -0.05) is 27.7 Å². The summed E-state index contributed by atoms with van der Waals surface area (Å²) in [7, 11) is -0.941. The van der Waals surface area contributed by atoms with E-state index in [1.54, 1.807) is 27.7 Å². The number of rotatable bonds is 6. The fourth-order valence-corrected chi connectivity index (χ4v) is 1.87. The Bertz CT molecular complexity index is 325. The third kappa shape index (κ3) is 6.58. The molecule has 0 aromatic carbocycles. The van der Waals surface area contributed by atoms with Crippen LogP contribution in [0.2, 0.25) is 0 Å². The van der Waals surface area contributed by atoms with Gasteiger partial charge in [0.1, 0.15) is 6.04 Å². The number of nitrogens with one attached hydrogen (secondary N) is 2. The summed E-state index contributed by atoms with van der Waals surface area (Å²) < 4.78 is 11.1. The summed E-state index contributed by atoms with van der Waals surface area (Å²) in [6.07, 6.45) is 0. The molecule has 0 heterocycles. The summed E-state index contributed by atoms with van der Waals surface area (Å²) in [5, 5.41) is 13.9. The van der Waals surface area contributed by atoms with Gasteiger partial charge in [0.25, 0.3) is 0 Å². The van der Waals surface area contributed by atoms with Gasteiger partial charge in [-0.3, -0.25) is 4.21 Å². The number of urea groups is 1. The van der Waals surface area contributed by atoms with Crippen molar-refractivity contribution in [3.8, 4) is 0 Å². The molecule has 0 bridgehead atoms. The van der Waals surface area contributed by atoms with Gasteiger partial charge in [0.05, 0.1) is 0 Å². The molecular weight excluding hydrogens is 256 g/mol. The van der Waals surface area contributed by atoms with Crippen LogP contribution in [0.25, 0.3) is 0 Å². The van der Waals surface area contributed by atoms with Gasteiger partial charge >= 0.3 is 12.0 Å². The van der Waals surface area contributed by atoms with Crippen molar-refractivity contribution in [1.82, 2.24) is 10.6 Å². The summed E-state index contributed by atoms with van der Waals surface area (Å²) in [5.74, 6) is -0.157. The SMILES string of the molecule is CCS(=O)CCNC(=O)NC(C(=O)O)C(C)(C)C. The van der Waals surface area contributed by atoms with E-state index in [4.69, 9.17) is 5.11 Å². The first-order chi connectivity index (χ1) is 8.18. The van der Waals surface area contributed by atoms with E-state index in [1.807, 2.05) is 0 Å². The van der Waals surface area contributed by atoms with E-state index in [1.165, 1.54) is 0 Å². The number of aliphatic carboxylic acids is 1. The van der Waals surface area contributed by atoms with E-state index >= 15 is 0 Å². The number of hydrogen-bond acceptors (Lipinski definition) is 3. The minimum Gasteiger partial charge on any atom is -0.480 e. The molecule has 0 spiro atoms. The first kappa shape index (κ1) is 16.9. The van der Waals surface area contributed by atoms with E-state index in [-0.39, 0.29) is 6.54 Å². The highest BCUT2D eigenvalue weighted by atomic mass is 32.2. The Hall–Kier alpha value is -1.11. The highest BCUT2D eigenvalue weighted by molar-refractivity contribution is 7.84. The maximum Gasteiger partial charge on any atom is 0.326 e. The zero-order valence-corrected chi connectivity index (χ0v) is 12.1. The van der Waals surface area contributed by atoms with Crippen LogP contribution in [-0.4, -0.2) is 45.4 Å². The molecular formula is C11H22N2O4S. The number of hydrogen-bond donors (Lipinski definition) is 3. The van der Waals surface area contributed by atoms with Gasteiger partial charge in [0.15, 0.2) is 0 Å². The molecule has 0 aliphatic carbocycles. The monoisotopic (exact) mass is 278 g/mol. The smallest absolute Gasteiger partial charge is 0.326 e. The van der Waals surface area contributed by atoms with Crippen LogP contribution in [0.1, 0.15) is 27.7 Å². The normalized spacial score (nSPS) is 14.7. The van der Waals surface area contributed by atoms with Gasteiger partial charge in [0, 0.05) is 28.9 Å². The van der Waals surface area contributed by atoms with Crippen LogP contribution in [0.3, 0.4) is 0 Å². The molecule has 0 aliphatic heterocycles. The second kappa shape index (κ2) is 7.35. The Morgan fingerprint density at radius 2 is 1.89 bits per heavy atom. The van der Waals surface area contributed by atoms with Gasteiger partial charge < -0.3 is 15.7 Å². The molecule has 106 valence electrons. The lowest BCUT2D eigenvalue weighted by Gasteiger charge is -2.27. The van der Waals surface area contributed by atoms with Crippen molar-refractivity contribution in [1.29, 1.82) is 0 Å². The Morgan fingerprint density at radius 3 is 2.28 bits per heavy atom. The van der Waals surface area contributed by atoms with Crippen LogP contribution in [-0.2, 0) is 15.6 Å². The molecule has 0 aromatic rings. The van der Waals surface area contributed by atoms with Crippen LogP contribution in [0.4, 0.5) is 4.79 Å². The summed E-state index contributed by atoms with van der Waals surface area (Å²) >= 11 is 0. The van der Waals surface area contributed by atoms with Crippen molar-refractivity contribution in [3.05, 3.63) is 0 Å². The minimum atomic E-state index is -1.07. The molecule has 0 saturated heterocycles. The van der Waals surface area contributed by atoms with Gasteiger partial charge in [0.2, 0.25) is 0 Å². The largest absolute Gasteiger partial charge is 0.480 e. The zero-order chi connectivity index (χ0) is 14.3. The molecule has 18 heavy (non-hydrogen) atoms. The van der Waals surface area contributed by atoms with E-state index in [0.717, 1.165) is 0 Å². The number of carbonyl (C=O) groups excluding carboxylic acids is 1. The predicted octanol–water partition coefficient (Wildman–Crippen LogP) is 0.554. The van der Waals surface area contributed by atoms with Crippen LogP contribution in [0.5, 0.6) is 0 Å². The fraction of sp³-hybridized carbons (Fsp3) is 0.818. The Balaban J connectivity index is 4.20. The third-order valence-electron chi connectivity index (χ3n) is 2.33. The summed E-state index contributed by atoms with van der Waals surface area (Å²) in [6.45, 7) is 7.27. The number of carboxylic acids is 1. The molecule has 2 amide bonds. The van der Waals surface area contributed by atoms with Crippen LogP contribution in [0.15, 0.2) is 0 Å². The van der Waals surface area contributed by atoms with E-state index < -0.39 is 34.3 Å². The molecule has 0 aromatic heterocycles. The first-order valence-corrected chi connectivity index (χ1v) is 7.29. The van der Waals surface area contributed by atoms with E-state index in [2.05, 4.69) is 10.6 Å². The van der Waals surface area contributed by atoms with E-state index in [9.17, 15) is 13.8 Å². The topological polar surface area (TPSA) is 95.5 Å². The number of carboxylic acid groups (broad SMARTS) is 1. The lowest BCUT2D eigenvalue weighted by molar-refractivity contribution is -0.141. The van der Waals surface area contributed by atoms with Crippen LogP contribution < -0.4 is 10.6 Å². The summed E-state index contributed by atoms with van der Waals surface area (Å²) in [6, 6.07) is -1.51. The van der Waals surface area contributed by atoms with Crippen molar-refractivity contribution in [3.63, 3.8) is 0 Å². The molecule has 0 radical (unpaired) electrons. The molecule has 0 rings (SSSR count). The lowest BCUT2D eigenvalue weighted by atomic mass is 9.87. The second-order valence-electron chi connectivity index (χ2n) is 4.97. The summed E-state index contributed by atoms with van der Waals surface area (Å²) in [5.41, 5.74) is -0.574. The highest BCUT2D eigenvalue weighted by Crippen LogP contribution is 2.19. The molecule has 7 heteroatoms. The predicted molar refractivity (Wildman–Crippen MR) is 71.0 cm³/mol. The Morgan fingerprint density at radius 1 is 1.33 bits per heavy atom. The van der Waals surface area contributed by atoms with Gasteiger partial charge in [-0.15, -0.1) is 0 Å². The number of carbonyl (C=O) groups is 2. The van der Waals surface area contributed by atoms with E-state index in [0.29, 0.717) is 11.5 Å². The van der Waals surface area contributed by atoms with Gasteiger partial charge in [-0.05, 0) is 5.41 Å². The van der Waals surface area contributed by atoms with Crippen molar-refractivity contribution in [2.45, 2.75) is 33.7 Å². The van der Waals surface area contributed by atoms with Crippen LogP contribution in [0, 0.1) is 5.41 Å². The van der Waals surface area contributed by atoms with Crippen molar-refractivity contribution < 1.29 is 18.9 Å². The second-order valence-corrected chi connectivity index (χ2v) is 6.84. The summed E-state index contributed by atoms with van der Waals surface area (Å²) in [4.78, 5) is 22.5. The average molecular weight is 278 g/mol. The number of amides is 2. The quantitative estimate of drug-likeness (QED) is 0.661. The molecule has 0 fully saturated rings. The maximum absolute atomic E-state index is 11.5. The lowest BCUT2D eigenvalue weighted by Crippen LogP contribution is -2.52. The standard InChI is InChI=1S/C11H22N2O4S/c1-5-18(17)7-6-12-10(16)13-8(9(14)15)11(2,3)4/h8H,5-7H2,1-4H3,(H,14,15)(H2,12,13,16). The van der Waals surface area contributed by atoms with Crippen molar-refractivity contribution >= 4 is 22.8 Å². The molecule has 0 aliphatic rings. The molecule has 3 N–H and O–H groups in total. The molecule has 2 unspecified atom stereocenters. The zero-order valence-electron chi connectivity index (χ0n) is 11.3. The van der Waals surface area contributed by atoms with Gasteiger partial charge in [-0.25, -0.2) is 9.59 Å². The Labute approximate surface area is 110 Å². The van der Waals surface area contributed by atoms with Crippen molar-refractivity contribution in [2.24, 2.45) is 5.41 Å². The average Bonchev–Trinajstić information content (AvgIpc) is 2.23. The molecule has 6 nitrogen and oxygen atoms in total. The molecule has 0 saturated carbocycles. The minimum absolute atomic E-state index is 0.267. The van der Waals surface area contributed by atoms with Crippen molar-refractivity contribution in [2.75, 3.05) is 18.1 Å². The maximum atomic E-state index is 11.5. The third-order valence-corrected chi connectivity index (χ3v) is 3.63. The molecule has 2 atom stereocenters. The highest BCUT2D eigenvalue weighted by Gasteiger charge is 2.32. The fourth-order valence-electron chi connectivity index (χ4n) is 1.25.